The number of amides is 2. The molecule has 2 aromatic rings. The van der Waals surface area contributed by atoms with Crippen molar-refractivity contribution in [1.29, 1.82) is 0 Å². The van der Waals surface area contributed by atoms with Crippen molar-refractivity contribution >= 4 is 29.1 Å². The fourth-order valence-electron chi connectivity index (χ4n) is 4.53. The van der Waals surface area contributed by atoms with E-state index in [9.17, 15) is 9.59 Å². The second-order valence-electron chi connectivity index (χ2n) is 10.7. The van der Waals surface area contributed by atoms with E-state index < -0.39 is 0 Å². The van der Waals surface area contributed by atoms with E-state index in [-0.39, 0.29) is 29.3 Å². The molecule has 1 fully saturated rings. The lowest BCUT2D eigenvalue weighted by Gasteiger charge is -2.37. The highest BCUT2D eigenvalue weighted by molar-refractivity contribution is 6.31. The maximum atomic E-state index is 13.4. The molecule has 0 spiro atoms. The molecule has 3 rings (SSSR count). The quantitative estimate of drug-likeness (QED) is 0.474. The van der Waals surface area contributed by atoms with E-state index in [1.54, 1.807) is 37.4 Å². The summed E-state index contributed by atoms with van der Waals surface area (Å²) < 4.78 is 10.6. The Balaban J connectivity index is 1.81. The van der Waals surface area contributed by atoms with Crippen molar-refractivity contribution in [3.8, 4) is 11.5 Å². The van der Waals surface area contributed by atoms with Crippen LogP contribution in [0.4, 0.5) is 5.69 Å². The molecule has 0 bridgehead atoms. The highest BCUT2D eigenvalue weighted by atomic mass is 35.5. The van der Waals surface area contributed by atoms with Crippen LogP contribution >= 0.6 is 11.6 Å². The summed E-state index contributed by atoms with van der Waals surface area (Å²) in [5.74, 6) is 0.846. The number of ether oxygens (including phenoxy) is 2. The predicted molar refractivity (Wildman–Crippen MR) is 144 cm³/mol. The lowest BCUT2D eigenvalue weighted by molar-refractivity contribution is -0.137. The van der Waals surface area contributed by atoms with Gasteiger partial charge < -0.3 is 25.4 Å². The monoisotopic (exact) mass is 515 g/mol. The number of carbonyl (C=O) groups is 2. The van der Waals surface area contributed by atoms with E-state index in [0.29, 0.717) is 40.7 Å². The molecular formula is C28H38ClN3O4. The molecule has 0 unspecified atom stereocenters. The molecule has 0 radical (unpaired) electrons. The molecule has 2 amide bonds. The summed E-state index contributed by atoms with van der Waals surface area (Å²) in [5.41, 5.74) is 7.82. The lowest BCUT2D eigenvalue weighted by Crippen LogP contribution is -2.44. The molecule has 8 heteroatoms. The number of halogens is 1. The number of hydrogen-bond acceptors (Lipinski definition) is 5. The largest absolute Gasteiger partial charge is 0.493 e. The summed E-state index contributed by atoms with van der Waals surface area (Å²) in [7, 11) is 3.07. The first-order valence-electron chi connectivity index (χ1n) is 12.4. The Morgan fingerprint density at radius 3 is 2.31 bits per heavy atom. The van der Waals surface area contributed by atoms with Crippen LogP contribution in [-0.4, -0.2) is 43.0 Å². The molecule has 0 aromatic heterocycles. The summed E-state index contributed by atoms with van der Waals surface area (Å²) in [4.78, 5) is 28.3. The van der Waals surface area contributed by atoms with Gasteiger partial charge in [0.05, 0.1) is 14.2 Å². The Morgan fingerprint density at radius 1 is 1.03 bits per heavy atom. The van der Waals surface area contributed by atoms with Gasteiger partial charge in [-0.05, 0) is 73.1 Å². The number of nitrogens with two attached hydrogens (primary N) is 1. The summed E-state index contributed by atoms with van der Waals surface area (Å²) in [6.45, 7) is 6.58. The zero-order chi connectivity index (χ0) is 26.5. The minimum atomic E-state index is -0.286. The van der Waals surface area contributed by atoms with Crippen molar-refractivity contribution < 1.29 is 19.1 Å². The Labute approximate surface area is 219 Å². The molecular weight excluding hydrogens is 478 g/mol. The average molecular weight is 516 g/mol. The SMILES string of the molecule is COc1ccc(C(=O)Nc2ccc(Cl)c(CN(C(=O)CC(C)(C)C)C3CCC(N)CC3)c2)cc1OC. The van der Waals surface area contributed by atoms with Crippen LogP contribution in [-0.2, 0) is 11.3 Å². The topological polar surface area (TPSA) is 93.9 Å². The van der Waals surface area contributed by atoms with Gasteiger partial charge in [-0.25, -0.2) is 0 Å². The second-order valence-corrected chi connectivity index (χ2v) is 11.1. The van der Waals surface area contributed by atoms with Crippen LogP contribution in [0.5, 0.6) is 11.5 Å². The first-order chi connectivity index (χ1) is 17.0. The van der Waals surface area contributed by atoms with Crippen LogP contribution < -0.4 is 20.5 Å². The normalized spacial score (nSPS) is 17.9. The highest BCUT2D eigenvalue weighted by Crippen LogP contribution is 2.31. The number of nitrogens with one attached hydrogen (secondary N) is 1. The van der Waals surface area contributed by atoms with Crippen LogP contribution in [0, 0.1) is 5.41 Å². The predicted octanol–water partition coefficient (Wildman–Crippen LogP) is 5.64. The molecule has 1 aliphatic rings. The molecule has 0 atom stereocenters. The second kappa shape index (κ2) is 12.0. The highest BCUT2D eigenvalue weighted by Gasteiger charge is 2.30. The van der Waals surface area contributed by atoms with Crippen molar-refractivity contribution in [2.24, 2.45) is 11.1 Å². The summed E-state index contributed by atoms with van der Waals surface area (Å²) >= 11 is 6.57. The zero-order valence-corrected chi connectivity index (χ0v) is 22.7. The Morgan fingerprint density at radius 2 is 1.69 bits per heavy atom. The zero-order valence-electron chi connectivity index (χ0n) is 21.9. The van der Waals surface area contributed by atoms with Crippen LogP contribution in [0.15, 0.2) is 36.4 Å². The van der Waals surface area contributed by atoms with Gasteiger partial charge in [-0.2, -0.15) is 0 Å². The van der Waals surface area contributed by atoms with Crippen molar-refractivity contribution in [2.75, 3.05) is 19.5 Å². The maximum absolute atomic E-state index is 13.4. The van der Waals surface area contributed by atoms with E-state index in [1.807, 2.05) is 11.0 Å². The molecule has 0 saturated heterocycles. The van der Waals surface area contributed by atoms with E-state index in [2.05, 4.69) is 26.1 Å². The van der Waals surface area contributed by atoms with Crippen LogP contribution in [0.25, 0.3) is 0 Å². The summed E-state index contributed by atoms with van der Waals surface area (Å²) in [6, 6.07) is 10.7. The minimum Gasteiger partial charge on any atom is -0.493 e. The number of rotatable bonds is 8. The van der Waals surface area contributed by atoms with Gasteiger partial charge in [0.1, 0.15) is 0 Å². The molecule has 3 N–H and O–H groups in total. The molecule has 1 aliphatic carbocycles. The number of nitrogens with zero attached hydrogens (tertiary/aromatic N) is 1. The molecule has 196 valence electrons. The molecule has 7 nitrogen and oxygen atoms in total. The number of carbonyl (C=O) groups excluding carboxylic acids is 2. The average Bonchev–Trinajstić information content (AvgIpc) is 2.83. The first-order valence-corrected chi connectivity index (χ1v) is 12.8. The molecule has 0 aliphatic heterocycles. The number of anilines is 1. The lowest BCUT2D eigenvalue weighted by atomic mass is 9.88. The third-order valence-electron chi connectivity index (χ3n) is 6.47. The van der Waals surface area contributed by atoms with Crippen molar-refractivity contribution in [1.82, 2.24) is 4.90 Å². The fourth-order valence-corrected chi connectivity index (χ4v) is 4.70. The summed E-state index contributed by atoms with van der Waals surface area (Å²) in [6.07, 6.45) is 4.01. The number of hydrogen-bond donors (Lipinski definition) is 2. The van der Waals surface area contributed by atoms with Crippen LogP contribution in [0.2, 0.25) is 5.02 Å². The Kier molecular flexibility index (Phi) is 9.25. The molecule has 1 saturated carbocycles. The van der Waals surface area contributed by atoms with E-state index >= 15 is 0 Å². The van der Waals surface area contributed by atoms with Gasteiger partial charge in [0.2, 0.25) is 5.91 Å². The third-order valence-corrected chi connectivity index (χ3v) is 6.84. The van der Waals surface area contributed by atoms with Gasteiger partial charge in [-0.1, -0.05) is 32.4 Å². The van der Waals surface area contributed by atoms with Gasteiger partial charge in [0.25, 0.3) is 5.91 Å². The third kappa shape index (κ3) is 7.37. The Bertz CT molecular complexity index is 1070. The molecule has 0 heterocycles. The standard InChI is InChI=1S/C28H38ClN3O4/c1-28(2,3)16-26(33)32(22-10-7-20(30)8-11-22)17-19-14-21(9-12-23(19)29)31-27(34)18-6-13-24(35-4)25(15-18)36-5/h6,9,12-15,20,22H,7-8,10-11,16-17,30H2,1-5H3,(H,31,34). The van der Waals surface area contributed by atoms with E-state index in [1.165, 1.54) is 7.11 Å². The van der Waals surface area contributed by atoms with Gasteiger partial charge in [0.15, 0.2) is 11.5 Å². The molecule has 2 aromatic carbocycles. The van der Waals surface area contributed by atoms with Gasteiger partial charge in [-0.3, -0.25) is 9.59 Å². The minimum absolute atomic E-state index is 0.110. The van der Waals surface area contributed by atoms with Crippen LogP contribution in [0.3, 0.4) is 0 Å². The first kappa shape index (κ1) is 27.8. The van der Waals surface area contributed by atoms with Crippen LogP contribution in [0.1, 0.15) is 68.8 Å². The van der Waals surface area contributed by atoms with E-state index in [0.717, 1.165) is 31.2 Å². The van der Waals surface area contributed by atoms with Crippen molar-refractivity contribution in [3.05, 3.63) is 52.5 Å². The van der Waals surface area contributed by atoms with Crippen molar-refractivity contribution in [3.63, 3.8) is 0 Å². The Hall–Kier alpha value is -2.77. The van der Waals surface area contributed by atoms with Gasteiger partial charge in [-0.15, -0.1) is 0 Å². The van der Waals surface area contributed by atoms with E-state index in [4.69, 9.17) is 26.8 Å². The van der Waals surface area contributed by atoms with Gasteiger partial charge >= 0.3 is 0 Å². The smallest absolute Gasteiger partial charge is 0.255 e. The maximum Gasteiger partial charge on any atom is 0.255 e. The van der Waals surface area contributed by atoms with Gasteiger partial charge in [0, 0.05) is 41.3 Å². The fraction of sp³-hybridized carbons (Fsp3) is 0.500. The molecule has 36 heavy (non-hydrogen) atoms. The van der Waals surface area contributed by atoms with Crippen molar-refractivity contribution in [2.45, 2.75) is 71.5 Å². The number of benzene rings is 2. The number of methoxy groups -OCH3 is 2. The summed E-state index contributed by atoms with van der Waals surface area (Å²) in [5, 5.41) is 3.48.